The fraction of sp³-hybridized carbons (Fsp3) is 0.619. The quantitative estimate of drug-likeness (QED) is 0.743. The minimum atomic E-state index is 0.0347. The van der Waals surface area contributed by atoms with Crippen LogP contribution in [0.1, 0.15) is 73.4 Å². The van der Waals surface area contributed by atoms with Gasteiger partial charge in [0.2, 0.25) is 0 Å². The molecule has 1 unspecified atom stereocenters. The molecule has 3 rings (SSSR count). The van der Waals surface area contributed by atoms with Gasteiger partial charge in [-0.05, 0) is 52.0 Å². The highest BCUT2D eigenvalue weighted by atomic mass is 32.1. The zero-order valence-electron chi connectivity index (χ0n) is 16.5. The number of amides is 1. The predicted octanol–water partition coefficient (Wildman–Crippen LogP) is 5.34. The fourth-order valence-electron chi connectivity index (χ4n) is 3.84. The molecule has 1 N–H and O–H groups in total. The summed E-state index contributed by atoms with van der Waals surface area (Å²) in [6.07, 6.45) is 7.55. The molecular formula is C21H31N3OS. The molecule has 0 aliphatic heterocycles. The van der Waals surface area contributed by atoms with Gasteiger partial charge in [0.05, 0.1) is 22.0 Å². The molecule has 1 aliphatic carbocycles. The first-order valence-corrected chi connectivity index (χ1v) is 10.8. The molecule has 1 amide bonds. The Morgan fingerprint density at radius 2 is 2.08 bits per heavy atom. The minimum absolute atomic E-state index is 0.0347. The summed E-state index contributed by atoms with van der Waals surface area (Å²) < 4.78 is 2.34. The van der Waals surface area contributed by atoms with Gasteiger partial charge in [-0.2, -0.15) is 0 Å². The normalized spacial score (nSPS) is 16.6. The molecule has 0 spiro atoms. The van der Waals surface area contributed by atoms with E-state index >= 15 is 0 Å². The van der Waals surface area contributed by atoms with Gasteiger partial charge in [-0.1, -0.05) is 26.2 Å². The number of carbonyl (C=O) groups excluding carboxylic acids is 1. The number of aryl methyl sites for hydroxylation is 1. The van der Waals surface area contributed by atoms with Crippen LogP contribution in [0.4, 0.5) is 0 Å². The maximum Gasteiger partial charge on any atom is 0.253 e. The van der Waals surface area contributed by atoms with Crippen LogP contribution in [0.2, 0.25) is 0 Å². The van der Waals surface area contributed by atoms with E-state index in [-0.39, 0.29) is 11.9 Å². The summed E-state index contributed by atoms with van der Waals surface area (Å²) >= 11 is 1.67. The van der Waals surface area contributed by atoms with Crippen molar-refractivity contribution in [3.8, 4) is 11.4 Å². The average Bonchev–Trinajstić information content (AvgIpc) is 3.20. The van der Waals surface area contributed by atoms with Crippen molar-refractivity contribution < 1.29 is 4.79 Å². The van der Waals surface area contributed by atoms with E-state index in [1.807, 2.05) is 13.0 Å². The van der Waals surface area contributed by atoms with Crippen molar-refractivity contribution in [3.63, 3.8) is 0 Å². The van der Waals surface area contributed by atoms with Crippen LogP contribution < -0.4 is 5.32 Å². The van der Waals surface area contributed by atoms with E-state index in [2.05, 4.69) is 36.0 Å². The third-order valence-corrected chi connectivity index (χ3v) is 6.42. The van der Waals surface area contributed by atoms with Gasteiger partial charge < -0.3 is 9.88 Å². The second kappa shape index (κ2) is 8.38. The average molecular weight is 374 g/mol. The molecule has 0 saturated heterocycles. The number of nitrogens with zero attached hydrogens (tertiary/aromatic N) is 2. The number of thiazole rings is 1. The van der Waals surface area contributed by atoms with Crippen LogP contribution in [0, 0.1) is 19.8 Å². The van der Waals surface area contributed by atoms with Gasteiger partial charge in [0, 0.05) is 23.7 Å². The SMILES string of the molecule is CCC(C)NC(=O)c1cc(-c2csc(C)n2)n(CC2CCCCC2)c1C. The maximum absolute atomic E-state index is 12.8. The van der Waals surface area contributed by atoms with E-state index < -0.39 is 0 Å². The second-order valence-electron chi connectivity index (χ2n) is 7.68. The Morgan fingerprint density at radius 3 is 2.69 bits per heavy atom. The second-order valence-corrected chi connectivity index (χ2v) is 8.74. The van der Waals surface area contributed by atoms with Gasteiger partial charge in [-0.3, -0.25) is 4.79 Å². The molecule has 26 heavy (non-hydrogen) atoms. The number of aromatic nitrogens is 2. The maximum atomic E-state index is 12.8. The van der Waals surface area contributed by atoms with Gasteiger partial charge >= 0.3 is 0 Å². The van der Waals surface area contributed by atoms with Gasteiger partial charge in [0.15, 0.2) is 0 Å². The lowest BCUT2D eigenvalue weighted by atomic mass is 9.89. The molecule has 142 valence electrons. The largest absolute Gasteiger partial charge is 0.350 e. The number of carbonyl (C=O) groups is 1. The number of hydrogen-bond donors (Lipinski definition) is 1. The summed E-state index contributed by atoms with van der Waals surface area (Å²) in [5.41, 5.74) is 3.94. The van der Waals surface area contributed by atoms with E-state index in [1.165, 1.54) is 32.1 Å². The van der Waals surface area contributed by atoms with Crippen molar-refractivity contribution in [1.29, 1.82) is 0 Å². The van der Waals surface area contributed by atoms with Crippen molar-refractivity contribution in [1.82, 2.24) is 14.9 Å². The molecule has 1 atom stereocenters. The van der Waals surface area contributed by atoms with Crippen LogP contribution in [0.3, 0.4) is 0 Å². The minimum Gasteiger partial charge on any atom is -0.350 e. The Bertz CT molecular complexity index is 755. The molecule has 2 heterocycles. The summed E-state index contributed by atoms with van der Waals surface area (Å²) in [5, 5.41) is 6.29. The smallest absolute Gasteiger partial charge is 0.253 e. The first-order chi connectivity index (χ1) is 12.5. The molecule has 1 fully saturated rings. The molecule has 4 nitrogen and oxygen atoms in total. The van der Waals surface area contributed by atoms with E-state index in [4.69, 9.17) is 4.98 Å². The van der Waals surface area contributed by atoms with Crippen LogP contribution in [0.25, 0.3) is 11.4 Å². The van der Waals surface area contributed by atoms with Crippen molar-refractivity contribution in [2.24, 2.45) is 5.92 Å². The lowest BCUT2D eigenvalue weighted by Gasteiger charge is -2.24. The molecule has 2 aromatic rings. The van der Waals surface area contributed by atoms with Crippen molar-refractivity contribution >= 4 is 17.2 Å². The third-order valence-electron chi connectivity index (χ3n) is 5.65. The Hall–Kier alpha value is -1.62. The van der Waals surface area contributed by atoms with E-state index in [0.717, 1.165) is 40.6 Å². The lowest BCUT2D eigenvalue weighted by molar-refractivity contribution is 0.0938. The molecule has 5 heteroatoms. The Labute approximate surface area is 161 Å². The molecule has 1 saturated carbocycles. The highest BCUT2D eigenvalue weighted by molar-refractivity contribution is 7.09. The highest BCUT2D eigenvalue weighted by Crippen LogP contribution is 2.31. The van der Waals surface area contributed by atoms with Gasteiger partial charge in [-0.25, -0.2) is 4.98 Å². The molecule has 2 aromatic heterocycles. The van der Waals surface area contributed by atoms with Gasteiger partial charge in [-0.15, -0.1) is 11.3 Å². The molecular weight excluding hydrogens is 342 g/mol. The van der Waals surface area contributed by atoms with Gasteiger partial charge in [0.25, 0.3) is 5.91 Å². The molecule has 0 radical (unpaired) electrons. The number of rotatable bonds is 6. The molecule has 0 bridgehead atoms. The Balaban J connectivity index is 1.95. The first kappa shape index (κ1) is 19.2. The summed E-state index contributed by atoms with van der Waals surface area (Å²) in [6.45, 7) is 9.25. The van der Waals surface area contributed by atoms with E-state index in [0.29, 0.717) is 5.92 Å². The zero-order valence-corrected chi connectivity index (χ0v) is 17.3. The summed E-state index contributed by atoms with van der Waals surface area (Å²) in [5.74, 6) is 0.742. The fourth-order valence-corrected chi connectivity index (χ4v) is 4.44. The lowest BCUT2D eigenvalue weighted by Crippen LogP contribution is -2.32. The van der Waals surface area contributed by atoms with Crippen LogP contribution >= 0.6 is 11.3 Å². The topological polar surface area (TPSA) is 46.9 Å². The van der Waals surface area contributed by atoms with Crippen molar-refractivity contribution in [2.75, 3.05) is 0 Å². The standard InChI is InChI=1S/C21H31N3OS/c1-5-14(2)22-21(25)18-11-20(19-13-26-16(4)23-19)24(15(18)3)12-17-9-7-6-8-10-17/h11,13-14,17H,5-10,12H2,1-4H3,(H,22,25). The van der Waals surface area contributed by atoms with E-state index in [9.17, 15) is 4.79 Å². The van der Waals surface area contributed by atoms with Crippen molar-refractivity contribution in [2.45, 2.75) is 78.8 Å². The zero-order chi connectivity index (χ0) is 18.7. The Morgan fingerprint density at radius 1 is 1.35 bits per heavy atom. The van der Waals surface area contributed by atoms with Crippen LogP contribution in [-0.4, -0.2) is 21.5 Å². The summed E-state index contributed by atoms with van der Waals surface area (Å²) in [6, 6.07) is 2.23. The number of hydrogen-bond acceptors (Lipinski definition) is 3. The Kier molecular flexibility index (Phi) is 6.17. The molecule has 0 aromatic carbocycles. The van der Waals surface area contributed by atoms with E-state index in [1.54, 1.807) is 11.3 Å². The monoisotopic (exact) mass is 373 g/mol. The summed E-state index contributed by atoms with van der Waals surface area (Å²) in [7, 11) is 0. The molecule has 1 aliphatic rings. The summed E-state index contributed by atoms with van der Waals surface area (Å²) in [4.78, 5) is 17.5. The number of nitrogens with one attached hydrogen (secondary N) is 1. The van der Waals surface area contributed by atoms with Crippen molar-refractivity contribution in [3.05, 3.63) is 27.7 Å². The van der Waals surface area contributed by atoms with Gasteiger partial charge in [0.1, 0.15) is 0 Å². The predicted molar refractivity (Wildman–Crippen MR) is 109 cm³/mol. The highest BCUT2D eigenvalue weighted by Gasteiger charge is 2.23. The van der Waals surface area contributed by atoms with Crippen LogP contribution in [0.15, 0.2) is 11.4 Å². The third kappa shape index (κ3) is 4.20. The first-order valence-electron chi connectivity index (χ1n) is 9.93. The van der Waals surface area contributed by atoms with Crippen LogP contribution in [-0.2, 0) is 6.54 Å². The van der Waals surface area contributed by atoms with Crippen LogP contribution in [0.5, 0.6) is 0 Å².